The first-order valence-corrected chi connectivity index (χ1v) is 7.01. The smallest absolute Gasteiger partial charge is 0.335 e. The van der Waals surface area contributed by atoms with Gasteiger partial charge < -0.3 is 10.4 Å². The number of carboxylic acids is 1. The van der Waals surface area contributed by atoms with E-state index in [1.54, 1.807) is 6.92 Å². The minimum Gasteiger partial charge on any atom is -0.478 e. The van der Waals surface area contributed by atoms with Crippen LogP contribution >= 0.6 is 0 Å². The van der Waals surface area contributed by atoms with Crippen LogP contribution in [-0.4, -0.2) is 32.6 Å². The molecular weight excluding hydrogens is 256 g/mol. The number of sulfonamides is 1. The molecule has 6 nitrogen and oxygen atoms in total. The van der Waals surface area contributed by atoms with Crippen molar-refractivity contribution in [3.63, 3.8) is 0 Å². The molecule has 0 heterocycles. The minimum atomic E-state index is -3.70. The fourth-order valence-corrected chi connectivity index (χ4v) is 2.73. The molecule has 0 unspecified atom stereocenters. The van der Waals surface area contributed by atoms with E-state index in [1.165, 1.54) is 12.1 Å². The molecule has 0 aliphatic rings. The number of hydrogen-bond donors (Lipinski definition) is 3. The van der Waals surface area contributed by atoms with Crippen molar-refractivity contribution in [2.45, 2.75) is 18.7 Å². The van der Waals surface area contributed by atoms with Crippen LogP contribution in [0, 0.1) is 0 Å². The van der Waals surface area contributed by atoms with Crippen LogP contribution in [0.5, 0.6) is 0 Å². The van der Waals surface area contributed by atoms with Gasteiger partial charge in [-0.15, -0.1) is 0 Å². The molecule has 0 fully saturated rings. The van der Waals surface area contributed by atoms with E-state index in [4.69, 9.17) is 5.11 Å². The van der Waals surface area contributed by atoms with Crippen molar-refractivity contribution >= 4 is 21.7 Å². The van der Waals surface area contributed by atoms with E-state index in [1.807, 2.05) is 6.92 Å². The lowest BCUT2D eigenvalue weighted by Gasteiger charge is -2.12. The van der Waals surface area contributed by atoms with Gasteiger partial charge in [-0.3, -0.25) is 0 Å². The second-order valence-corrected chi connectivity index (χ2v) is 5.28. The lowest BCUT2D eigenvalue weighted by atomic mass is 10.2. The van der Waals surface area contributed by atoms with Gasteiger partial charge in [0.15, 0.2) is 0 Å². The molecule has 0 saturated heterocycles. The number of carboxylic acid groups (broad SMARTS) is 1. The molecule has 0 amide bonds. The molecule has 0 saturated carbocycles. The third kappa shape index (κ3) is 3.21. The zero-order valence-electron chi connectivity index (χ0n) is 10.2. The van der Waals surface area contributed by atoms with Crippen LogP contribution in [0.25, 0.3) is 0 Å². The molecule has 3 N–H and O–H groups in total. The number of hydrogen-bond acceptors (Lipinski definition) is 4. The quantitative estimate of drug-likeness (QED) is 0.721. The molecule has 1 aromatic rings. The van der Waals surface area contributed by atoms with Gasteiger partial charge in [-0.05, 0) is 25.1 Å². The zero-order chi connectivity index (χ0) is 13.8. The van der Waals surface area contributed by atoms with E-state index in [2.05, 4.69) is 10.0 Å². The summed E-state index contributed by atoms with van der Waals surface area (Å²) in [6.07, 6.45) is 0. The third-order valence-electron chi connectivity index (χ3n) is 2.22. The largest absolute Gasteiger partial charge is 0.478 e. The van der Waals surface area contributed by atoms with Crippen LogP contribution in [0.4, 0.5) is 5.69 Å². The highest BCUT2D eigenvalue weighted by Gasteiger charge is 2.19. The third-order valence-corrected chi connectivity index (χ3v) is 3.81. The van der Waals surface area contributed by atoms with Crippen LogP contribution in [0.2, 0.25) is 0 Å². The van der Waals surface area contributed by atoms with Gasteiger partial charge in [-0.25, -0.2) is 17.9 Å². The summed E-state index contributed by atoms with van der Waals surface area (Å²) in [5.41, 5.74) is 0.330. The molecule has 0 atom stereocenters. The van der Waals surface area contributed by atoms with E-state index < -0.39 is 16.0 Å². The van der Waals surface area contributed by atoms with Crippen molar-refractivity contribution < 1.29 is 18.3 Å². The number of anilines is 1. The SMILES string of the molecule is CCNc1ccc(C(=O)O)cc1S(=O)(=O)NCC. The van der Waals surface area contributed by atoms with Crippen LogP contribution in [0.3, 0.4) is 0 Å². The molecule has 1 aromatic carbocycles. The van der Waals surface area contributed by atoms with Gasteiger partial charge in [0.25, 0.3) is 0 Å². The summed E-state index contributed by atoms with van der Waals surface area (Å²) in [7, 11) is -3.70. The standard InChI is InChI=1S/C11H16N2O4S/c1-3-12-9-6-5-8(11(14)15)7-10(9)18(16,17)13-4-2/h5-7,12-13H,3-4H2,1-2H3,(H,14,15). The molecule has 0 radical (unpaired) electrons. The highest BCUT2D eigenvalue weighted by molar-refractivity contribution is 7.89. The van der Waals surface area contributed by atoms with Gasteiger partial charge >= 0.3 is 5.97 Å². The first kappa shape index (κ1) is 14.5. The van der Waals surface area contributed by atoms with Crippen molar-refractivity contribution in [2.75, 3.05) is 18.4 Å². The van der Waals surface area contributed by atoms with E-state index in [9.17, 15) is 13.2 Å². The summed E-state index contributed by atoms with van der Waals surface area (Å²) >= 11 is 0. The van der Waals surface area contributed by atoms with Crippen LogP contribution < -0.4 is 10.0 Å². The predicted molar refractivity (Wildman–Crippen MR) is 68.4 cm³/mol. The number of nitrogens with one attached hydrogen (secondary N) is 2. The number of carbonyl (C=O) groups is 1. The van der Waals surface area contributed by atoms with Gasteiger partial charge in [0, 0.05) is 13.1 Å². The minimum absolute atomic E-state index is 0.0499. The second kappa shape index (κ2) is 5.83. The summed E-state index contributed by atoms with van der Waals surface area (Å²) < 4.78 is 26.3. The van der Waals surface area contributed by atoms with E-state index >= 15 is 0 Å². The average molecular weight is 272 g/mol. The molecule has 100 valence electrons. The number of benzene rings is 1. The maximum Gasteiger partial charge on any atom is 0.335 e. The van der Waals surface area contributed by atoms with Gasteiger partial charge in [-0.2, -0.15) is 0 Å². The molecule has 0 aromatic heterocycles. The van der Waals surface area contributed by atoms with Gasteiger partial charge in [0.1, 0.15) is 4.90 Å². The molecule has 18 heavy (non-hydrogen) atoms. The fraction of sp³-hybridized carbons (Fsp3) is 0.364. The Kier molecular flexibility index (Phi) is 4.69. The van der Waals surface area contributed by atoms with Crippen molar-refractivity contribution in [1.29, 1.82) is 0 Å². The molecule has 0 aliphatic carbocycles. The summed E-state index contributed by atoms with van der Waals surface area (Å²) in [6.45, 7) is 4.27. The van der Waals surface area contributed by atoms with E-state index in [0.29, 0.717) is 12.2 Å². The molecular formula is C11H16N2O4S. The Hall–Kier alpha value is -1.60. The molecule has 0 bridgehead atoms. The Bertz CT molecular complexity index is 540. The maximum absolute atomic E-state index is 12.0. The van der Waals surface area contributed by atoms with Crippen LogP contribution in [0.1, 0.15) is 24.2 Å². The molecule has 0 spiro atoms. The topological polar surface area (TPSA) is 95.5 Å². The fourth-order valence-electron chi connectivity index (χ4n) is 1.48. The van der Waals surface area contributed by atoms with Crippen molar-refractivity contribution in [3.05, 3.63) is 23.8 Å². The second-order valence-electron chi connectivity index (χ2n) is 3.55. The Morgan fingerprint density at radius 3 is 2.44 bits per heavy atom. The lowest BCUT2D eigenvalue weighted by Crippen LogP contribution is -2.24. The van der Waals surface area contributed by atoms with Gasteiger partial charge in [0.2, 0.25) is 10.0 Å². The number of aromatic carboxylic acids is 1. The van der Waals surface area contributed by atoms with Gasteiger partial charge in [0.05, 0.1) is 11.3 Å². The van der Waals surface area contributed by atoms with E-state index in [-0.39, 0.29) is 17.0 Å². The first-order chi connectivity index (χ1) is 8.42. The highest BCUT2D eigenvalue weighted by atomic mass is 32.2. The van der Waals surface area contributed by atoms with Crippen molar-refractivity contribution in [1.82, 2.24) is 4.72 Å². The maximum atomic E-state index is 12.0. The first-order valence-electron chi connectivity index (χ1n) is 5.53. The van der Waals surface area contributed by atoms with Crippen LogP contribution in [-0.2, 0) is 10.0 Å². The lowest BCUT2D eigenvalue weighted by molar-refractivity contribution is 0.0696. The molecule has 1 rings (SSSR count). The Labute approximate surface area is 106 Å². The van der Waals surface area contributed by atoms with Crippen molar-refractivity contribution in [2.24, 2.45) is 0 Å². The summed E-state index contributed by atoms with van der Waals surface area (Å²) in [6, 6.07) is 3.97. The van der Waals surface area contributed by atoms with Crippen molar-refractivity contribution in [3.8, 4) is 0 Å². The Morgan fingerprint density at radius 1 is 1.28 bits per heavy atom. The zero-order valence-corrected chi connectivity index (χ0v) is 11.0. The number of rotatable bonds is 6. The normalized spacial score (nSPS) is 11.2. The molecule has 0 aliphatic heterocycles. The van der Waals surface area contributed by atoms with Gasteiger partial charge in [-0.1, -0.05) is 6.92 Å². The average Bonchev–Trinajstić information content (AvgIpc) is 2.29. The Morgan fingerprint density at radius 2 is 1.94 bits per heavy atom. The molecule has 7 heteroatoms. The monoisotopic (exact) mass is 272 g/mol. The highest BCUT2D eigenvalue weighted by Crippen LogP contribution is 2.22. The predicted octanol–water partition coefficient (Wildman–Crippen LogP) is 1.11. The summed E-state index contributed by atoms with van der Waals surface area (Å²) in [5, 5.41) is 11.8. The summed E-state index contributed by atoms with van der Waals surface area (Å²) in [4.78, 5) is 10.8. The Balaban J connectivity index is 3.36. The van der Waals surface area contributed by atoms with E-state index in [0.717, 1.165) is 6.07 Å². The van der Waals surface area contributed by atoms with Crippen LogP contribution in [0.15, 0.2) is 23.1 Å². The summed E-state index contributed by atoms with van der Waals surface area (Å²) in [5.74, 6) is -1.16.